The summed E-state index contributed by atoms with van der Waals surface area (Å²) in [6.45, 7) is 6.56. The molecule has 2 rings (SSSR count). The zero-order valence-electron chi connectivity index (χ0n) is 10.4. The first kappa shape index (κ1) is 12.6. The molecule has 1 aromatic rings. The number of rotatable bonds is 4. The number of aliphatic hydroxyl groups is 1. The number of ether oxygens (including phenoxy) is 1. The van der Waals surface area contributed by atoms with Gasteiger partial charge in [-0.25, -0.2) is 0 Å². The molecule has 0 aromatic heterocycles. The fraction of sp³-hybridized carbons (Fsp3) is 0.571. The van der Waals surface area contributed by atoms with Gasteiger partial charge in [-0.3, -0.25) is 4.90 Å². The molecular weight excluding hydrogens is 214 g/mol. The highest BCUT2D eigenvalue weighted by Crippen LogP contribution is 2.10. The van der Waals surface area contributed by atoms with Gasteiger partial charge in [0.25, 0.3) is 0 Å². The molecule has 0 bridgehead atoms. The largest absolute Gasteiger partial charge is 0.393 e. The van der Waals surface area contributed by atoms with Crippen molar-refractivity contribution in [3.8, 4) is 0 Å². The quantitative estimate of drug-likeness (QED) is 0.857. The van der Waals surface area contributed by atoms with Crippen LogP contribution in [0, 0.1) is 0 Å². The monoisotopic (exact) mass is 235 g/mol. The Morgan fingerprint density at radius 3 is 2.35 bits per heavy atom. The van der Waals surface area contributed by atoms with Crippen molar-refractivity contribution in [2.75, 3.05) is 26.3 Å². The van der Waals surface area contributed by atoms with Gasteiger partial charge in [0.1, 0.15) is 0 Å². The van der Waals surface area contributed by atoms with Crippen molar-refractivity contribution in [2.45, 2.75) is 26.0 Å². The number of hydrogen-bond acceptors (Lipinski definition) is 3. The molecule has 0 amide bonds. The van der Waals surface area contributed by atoms with E-state index >= 15 is 0 Å². The molecule has 3 nitrogen and oxygen atoms in total. The molecule has 1 aliphatic heterocycles. The highest BCUT2D eigenvalue weighted by molar-refractivity contribution is 5.23. The van der Waals surface area contributed by atoms with Crippen molar-refractivity contribution in [3.63, 3.8) is 0 Å². The molecule has 1 fully saturated rings. The van der Waals surface area contributed by atoms with Crippen molar-refractivity contribution < 1.29 is 9.84 Å². The summed E-state index contributed by atoms with van der Waals surface area (Å²) in [4.78, 5) is 2.41. The van der Waals surface area contributed by atoms with Crippen LogP contribution in [0.25, 0.3) is 0 Å². The lowest BCUT2D eigenvalue weighted by atomic mass is 10.1. The topological polar surface area (TPSA) is 32.7 Å². The molecule has 1 N–H and O–H groups in total. The molecule has 1 aromatic carbocycles. The van der Waals surface area contributed by atoms with Gasteiger partial charge in [-0.15, -0.1) is 0 Å². The lowest BCUT2D eigenvalue weighted by molar-refractivity contribution is 0.0342. The highest BCUT2D eigenvalue weighted by atomic mass is 16.5. The van der Waals surface area contributed by atoms with Gasteiger partial charge in [-0.2, -0.15) is 0 Å². The number of morpholine rings is 1. The van der Waals surface area contributed by atoms with Crippen molar-refractivity contribution >= 4 is 0 Å². The van der Waals surface area contributed by atoms with Gasteiger partial charge in [-0.05, 0) is 24.5 Å². The Balaban J connectivity index is 1.88. The van der Waals surface area contributed by atoms with E-state index in [2.05, 4.69) is 29.2 Å². The molecule has 1 saturated heterocycles. The summed E-state index contributed by atoms with van der Waals surface area (Å²) in [6.07, 6.45) is 0.470. The van der Waals surface area contributed by atoms with Crippen LogP contribution in [-0.4, -0.2) is 42.4 Å². The third kappa shape index (κ3) is 4.11. The Hall–Kier alpha value is -0.900. The minimum atomic E-state index is -0.264. The lowest BCUT2D eigenvalue weighted by Gasteiger charge is -2.26. The predicted octanol–water partition coefficient (Wildman–Crippen LogP) is 1.44. The van der Waals surface area contributed by atoms with Gasteiger partial charge in [0.2, 0.25) is 0 Å². The van der Waals surface area contributed by atoms with E-state index in [0.29, 0.717) is 0 Å². The maximum absolute atomic E-state index is 9.31. The summed E-state index contributed by atoms with van der Waals surface area (Å²) >= 11 is 0. The molecule has 0 aliphatic carbocycles. The summed E-state index contributed by atoms with van der Waals surface area (Å²) in [5, 5.41) is 9.31. The van der Waals surface area contributed by atoms with Gasteiger partial charge in [0, 0.05) is 19.6 Å². The van der Waals surface area contributed by atoms with E-state index in [-0.39, 0.29) is 6.10 Å². The Labute approximate surface area is 103 Å². The van der Waals surface area contributed by atoms with Crippen molar-refractivity contribution in [1.82, 2.24) is 4.90 Å². The maximum Gasteiger partial charge on any atom is 0.0594 e. The van der Waals surface area contributed by atoms with E-state index in [1.54, 1.807) is 0 Å². The second-order valence-corrected chi connectivity index (χ2v) is 4.76. The normalized spacial score (nSPS) is 19.2. The highest BCUT2D eigenvalue weighted by Gasteiger charge is 2.10. The van der Waals surface area contributed by atoms with Crippen LogP contribution in [0.5, 0.6) is 0 Å². The van der Waals surface area contributed by atoms with Crippen LogP contribution in [0.15, 0.2) is 24.3 Å². The summed E-state index contributed by atoms with van der Waals surface area (Å²) in [6, 6.07) is 8.55. The zero-order chi connectivity index (χ0) is 12.1. The van der Waals surface area contributed by atoms with E-state index in [1.165, 1.54) is 11.1 Å². The van der Waals surface area contributed by atoms with Crippen LogP contribution >= 0.6 is 0 Å². The van der Waals surface area contributed by atoms with Crippen molar-refractivity contribution in [2.24, 2.45) is 0 Å². The minimum Gasteiger partial charge on any atom is -0.393 e. The smallest absolute Gasteiger partial charge is 0.0594 e. The Bertz CT molecular complexity index is 329. The van der Waals surface area contributed by atoms with E-state index in [9.17, 15) is 5.11 Å². The first-order valence-corrected chi connectivity index (χ1v) is 6.30. The van der Waals surface area contributed by atoms with E-state index < -0.39 is 0 Å². The molecule has 0 radical (unpaired) electrons. The van der Waals surface area contributed by atoms with Gasteiger partial charge in [0.15, 0.2) is 0 Å². The molecule has 17 heavy (non-hydrogen) atoms. The van der Waals surface area contributed by atoms with Gasteiger partial charge in [0.05, 0.1) is 19.3 Å². The third-order valence-electron chi connectivity index (χ3n) is 3.06. The zero-order valence-corrected chi connectivity index (χ0v) is 10.4. The number of nitrogens with zero attached hydrogens (tertiary/aromatic N) is 1. The number of aliphatic hydroxyl groups excluding tert-OH is 1. The molecule has 3 heteroatoms. The van der Waals surface area contributed by atoms with Crippen LogP contribution in [0.1, 0.15) is 18.1 Å². The van der Waals surface area contributed by atoms with Crippen LogP contribution in [0.2, 0.25) is 0 Å². The first-order valence-electron chi connectivity index (χ1n) is 6.30. The third-order valence-corrected chi connectivity index (χ3v) is 3.06. The molecule has 1 heterocycles. The fourth-order valence-electron chi connectivity index (χ4n) is 2.14. The van der Waals surface area contributed by atoms with Crippen molar-refractivity contribution in [1.29, 1.82) is 0 Å². The van der Waals surface area contributed by atoms with Crippen LogP contribution in [-0.2, 0) is 17.7 Å². The minimum absolute atomic E-state index is 0.264. The maximum atomic E-state index is 9.31. The van der Waals surface area contributed by atoms with Crippen LogP contribution in [0.3, 0.4) is 0 Å². The van der Waals surface area contributed by atoms with Gasteiger partial charge < -0.3 is 9.84 Å². The average Bonchev–Trinajstić information content (AvgIpc) is 2.32. The SMILES string of the molecule is CC(O)Cc1ccc(CN2CCOCC2)cc1. The summed E-state index contributed by atoms with van der Waals surface area (Å²) < 4.78 is 5.33. The average molecular weight is 235 g/mol. The second-order valence-electron chi connectivity index (χ2n) is 4.76. The number of benzene rings is 1. The standard InChI is InChI=1S/C14H21NO2/c1-12(16)10-13-2-4-14(5-3-13)11-15-6-8-17-9-7-15/h2-5,12,16H,6-11H2,1H3. The molecule has 94 valence electrons. The van der Waals surface area contributed by atoms with E-state index in [0.717, 1.165) is 39.3 Å². The van der Waals surface area contributed by atoms with E-state index in [1.807, 2.05) is 6.92 Å². The van der Waals surface area contributed by atoms with Crippen molar-refractivity contribution in [3.05, 3.63) is 35.4 Å². The lowest BCUT2D eigenvalue weighted by Crippen LogP contribution is -2.35. The molecule has 0 spiro atoms. The summed E-state index contributed by atoms with van der Waals surface area (Å²) in [5.74, 6) is 0. The summed E-state index contributed by atoms with van der Waals surface area (Å²) in [7, 11) is 0. The second kappa shape index (κ2) is 6.15. The van der Waals surface area contributed by atoms with Gasteiger partial charge in [-0.1, -0.05) is 24.3 Å². The molecule has 0 saturated carbocycles. The molecular formula is C14H21NO2. The molecule has 1 aliphatic rings. The molecule has 1 atom stereocenters. The predicted molar refractivity (Wildman–Crippen MR) is 67.9 cm³/mol. The Morgan fingerprint density at radius 2 is 1.76 bits per heavy atom. The van der Waals surface area contributed by atoms with Gasteiger partial charge >= 0.3 is 0 Å². The Kier molecular flexibility index (Phi) is 4.54. The number of hydrogen-bond donors (Lipinski definition) is 1. The first-order chi connectivity index (χ1) is 8.24. The molecule has 1 unspecified atom stereocenters. The van der Waals surface area contributed by atoms with Crippen LogP contribution < -0.4 is 0 Å². The fourth-order valence-corrected chi connectivity index (χ4v) is 2.14. The Morgan fingerprint density at radius 1 is 1.18 bits per heavy atom. The summed E-state index contributed by atoms with van der Waals surface area (Å²) in [5.41, 5.74) is 2.53. The van der Waals surface area contributed by atoms with Crippen LogP contribution in [0.4, 0.5) is 0 Å². The van der Waals surface area contributed by atoms with E-state index in [4.69, 9.17) is 4.74 Å².